The van der Waals surface area contributed by atoms with Crippen LogP contribution in [0.15, 0.2) is 12.2 Å². The third kappa shape index (κ3) is 3.45. The number of aliphatic carboxylic acids is 1. The molecule has 1 fully saturated rings. The maximum absolute atomic E-state index is 10.9. The van der Waals surface area contributed by atoms with E-state index >= 15 is 0 Å². The molecular formula is C14H26O3Si. The highest BCUT2D eigenvalue weighted by Gasteiger charge is 2.43. The van der Waals surface area contributed by atoms with Crippen LogP contribution in [0, 0.1) is 5.92 Å². The highest BCUT2D eigenvalue weighted by molar-refractivity contribution is 6.74. The van der Waals surface area contributed by atoms with Crippen molar-refractivity contribution in [3.05, 3.63) is 12.2 Å². The molecule has 1 N–H and O–H groups in total. The molecule has 104 valence electrons. The van der Waals surface area contributed by atoms with E-state index in [0.29, 0.717) is 0 Å². The molecular weight excluding hydrogens is 244 g/mol. The van der Waals surface area contributed by atoms with E-state index in [-0.39, 0.29) is 23.5 Å². The van der Waals surface area contributed by atoms with E-state index in [1.54, 1.807) is 0 Å². The lowest BCUT2D eigenvalue weighted by Crippen LogP contribution is -2.45. The van der Waals surface area contributed by atoms with E-state index in [4.69, 9.17) is 9.53 Å². The Morgan fingerprint density at radius 2 is 2.06 bits per heavy atom. The number of hydrogen-bond acceptors (Lipinski definition) is 2. The fourth-order valence-corrected chi connectivity index (χ4v) is 3.53. The molecule has 0 saturated heterocycles. The number of hydrogen-bond donors (Lipinski definition) is 1. The normalized spacial score (nSPS) is 25.5. The van der Waals surface area contributed by atoms with Crippen molar-refractivity contribution >= 4 is 14.3 Å². The minimum atomic E-state index is -1.83. The monoisotopic (exact) mass is 270 g/mol. The number of rotatable bonds is 4. The van der Waals surface area contributed by atoms with E-state index in [0.717, 1.165) is 18.4 Å². The van der Waals surface area contributed by atoms with Crippen molar-refractivity contribution in [3.8, 4) is 0 Å². The molecule has 0 unspecified atom stereocenters. The van der Waals surface area contributed by atoms with Crippen LogP contribution in [0.5, 0.6) is 0 Å². The van der Waals surface area contributed by atoms with Gasteiger partial charge in [-0.1, -0.05) is 32.9 Å². The van der Waals surface area contributed by atoms with Crippen LogP contribution in [0.2, 0.25) is 18.1 Å². The molecule has 1 aliphatic rings. The Balaban J connectivity index is 2.77. The third-order valence-corrected chi connectivity index (χ3v) is 8.87. The molecule has 1 aliphatic carbocycles. The van der Waals surface area contributed by atoms with Crippen LogP contribution in [0.1, 0.15) is 40.0 Å². The summed E-state index contributed by atoms with van der Waals surface area (Å²) in [6, 6.07) is 0. The molecule has 0 spiro atoms. The zero-order valence-corrected chi connectivity index (χ0v) is 13.2. The zero-order valence-electron chi connectivity index (χ0n) is 12.2. The van der Waals surface area contributed by atoms with Crippen molar-refractivity contribution in [3.63, 3.8) is 0 Å². The first-order valence-corrected chi connectivity index (χ1v) is 9.52. The second kappa shape index (κ2) is 5.17. The summed E-state index contributed by atoms with van der Waals surface area (Å²) >= 11 is 0. The van der Waals surface area contributed by atoms with E-state index < -0.39 is 14.3 Å². The summed E-state index contributed by atoms with van der Waals surface area (Å²) in [7, 11) is -1.83. The Hall–Kier alpha value is -0.613. The summed E-state index contributed by atoms with van der Waals surface area (Å²) in [5.74, 6) is -0.761. The first-order valence-electron chi connectivity index (χ1n) is 6.62. The molecule has 4 heteroatoms. The van der Waals surface area contributed by atoms with Gasteiger partial charge >= 0.3 is 5.97 Å². The van der Waals surface area contributed by atoms with Crippen molar-refractivity contribution in [2.24, 2.45) is 5.92 Å². The second-order valence-corrected chi connectivity index (χ2v) is 11.6. The SMILES string of the molecule is C=C1CC[C@H](O[Si](C)(C)C(C)(C)C)[C@@H]1CC(=O)O. The molecule has 1 saturated carbocycles. The van der Waals surface area contributed by atoms with Gasteiger partial charge in [-0.3, -0.25) is 4.79 Å². The average Bonchev–Trinajstić information content (AvgIpc) is 2.46. The predicted molar refractivity (Wildman–Crippen MR) is 76.2 cm³/mol. The van der Waals surface area contributed by atoms with Gasteiger partial charge < -0.3 is 9.53 Å². The summed E-state index contributed by atoms with van der Waals surface area (Å²) < 4.78 is 6.36. The summed E-state index contributed by atoms with van der Waals surface area (Å²) in [6.45, 7) is 15.0. The minimum Gasteiger partial charge on any atom is -0.481 e. The molecule has 0 heterocycles. The van der Waals surface area contributed by atoms with Gasteiger partial charge in [0.2, 0.25) is 0 Å². The van der Waals surface area contributed by atoms with Crippen LogP contribution >= 0.6 is 0 Å². The maximum atomic E-state index is 10.9. The standard InChI is InChI=1S/C14H26O3Si/c1-10-7-8-12(11(10)9-13(15)16)17-18(5,6)14(2,3)4/h11-12H,1,7-9H2,2-6H3,(H,15,16)/t11-,12+/m1/s1. The van der Waals surface area contributed by atoms with Crippen LogP contribution in [0.3, 0.4) is 0 Å². The van der Waals surface area contributed by atoms with Gasteiger partial charge in [0.1, 0.15) is 0 Å². The molecule has 0 aliphatic heterocycles. The molecule has 0 bridgehead atoms. The third-order valence-electron chi connectivity index (χ3n) is 4.37. The van der Waals surface area contributed by atoms with Crippen molar-refractivity contribution in [2.75, 3.05) is 0 Å². The summed E-state index contributed by atoms with van der Waals surface area (Å²) in [5, 5.41) is 9.14. The van der Waals surface area contributed by atoms with Gasteiger partial charge in [0.25, 0.3) is 0 Å². The second-order valence-electron chi connectivity index (χ2n) is 6.82. The van der Waals surface area contributed by atoms with Gasteiger partial charge in [0, 0.05) is 5.92 Å². The number of carbonyl (C=O) groups is 1. The van der Waals surface area contributed by atoms with Crippen molar-refractivity contribution in [2.45, 2.75) is 64.3 Å². The fourth-order valence-electron chi connectivity index (χ4n) is 2.14. The quantitative estimate of drug-likeness (QED) is 0.624. The van der Waals surface area contributed by atoms with Crippen LogP contribution in [-0.2, 0) is 9.22 Å². The Morgan fingerprint density at radius 3 is 2.50 bits per heavy atom. The lowest BCUT2D eigenvalue weighted by atomic mass is 9.98. The summed E-state index contributed by atoms with van der Waals surface area (Å²) in [4.78, 5) is 10.9. The average molecular weight is 270 g/mol. The summed E-state index contributed by atoms with van der Waals surface area (Å²) in [5.41, 5.74) is 1.04. The molecule has 0 amide bonds. The predicted octanol–water partition coefficient (Wildman–Crippen LogP) is 3.82. The van der Waals surface area contributed by atoms with E-state index in [1.165, 1.54) is 0 Å². The van der Waals surface area contributed by atoms with Gasteiger partial charge in [0.05, 0.1) is 12.5 Å². The van der Waals surface area contributed by atoms with Gasteiger partial charge in [-0.15, -0.1) is 0 Å². The molecule has 1 rings (SSSR count). The number of carboxylic acids is 1. The fraction of sp³-hybridized carbons (Fsp3) is 0.786. The first-order chi connectivity index (χ1) is 8.04. The molecule has 2 atom stereocenters. The molecule has 0 aromatic heterocycles. The Kier molecular flexibility index (Phi) is 4.44. The van der Waals surface area contributed by atoms with Gasteiger partial charge in [-0.25, -0.2) is 0 Å². The van der Waals surface area contributed by atoms with Crippen molar-refractivity contribution < 1.29 is 14.3 Å². The maximum Gasteiger partial charge on any atom is 0.304 e. The topological polar surface area (TPSA) is 46.5 Å². The minimum absolute atomic E-state index is 0.00313. The van der Waals surface area contributed by atoms with Crippen LogP contribution in [0.4, 0.5) is 0 Å². The Morgan fingerprint density at radius 1 is 1.50 bits per heavy atom. The van der Waals surface area contributed by atoms with Gasteiger partial charge in [-0.05, 0) is 31.0 Å². The Bertz CT molecular complexity index is 341. The highest BCUT2D eigenvalue weighted by atomic mass is 28.4. The lowest BCUT2D eigenvalue weighted by molar-refractivity contribution is -0.138. The molecule has 18 heavy (non-hydrogen) atoms. The molecule has 0 aromatic carbocycles. The molecule has 0 radical (unpaired) electrons. The first kappa shape index (κ1) is 15.4. The Labute approximate surface area is 111 Å². The lowest BCUT2D eigenvalue weighted by Gasteiger charge is -2.39. The number of carboxylic acid groups (broad SMARTS) is 1. The van der Waals surface area contributed by atoms with E-state index in [9.17, 15) is 4.79 Å². The van der Waals surface area contributed by atoms with E-state index in [1.807, 2.05) is 0 Å². The van der Waals surface area contributed by atoms with Crippen LogP contribution in [0.25, 0.3) is 0 Å². The molecule has 0 aromatic rings. The smallest absolute Gasteiger partial charge is 0.304 e. The van der Waals surface area contributed by atoms with Gasteiger partial charge in [0.15, 0.2) is 8.32 Å². The van der Waals surface area contributed by atoms with Crippen molar-refractivity contribution in [1.82, 2.24) is 0 Å². The largest absolute Gasteiger partial charge is 0.481 e. The molecule has 3 nitrogen and oxygen atoms in total. The zero-order chi connectivity index (χ0) is 14.1. The van der Waals surface area contributed by atoms with Crippen LogP contribution in [-0.4, -0.2) is 25.5 Å². The van der Waals surface area contributed by atoms with Crippen molar-refractivity contribution in [1.29, 1.82) is 0 Å². The van der Waals surface area contributed by atoms with Crippen LogP contribution < -0.4 is 0 Å². The summed E-state index contributed by atoms with van der Waals surface area (Å²) in [6.07, 6.45) is 2.02. The van der Waals surface area contributed by atoms with Gasteiger partial charge in [-0.2, -0.15) is 0 Å². The highest BCUT2D eigenvalue weighted by Crippen LogP contribution is 2.42. The van der Waals surface area contributed by atoms with E-state index in [2.05, 4.69) is 40.4 Å².